The molecule has 2 aromatic rings. The van der Waals surface area contributed by atoms with Crippen LogP contribution in [0.15, 0.2) is 54.6 Å². The van der Waals surface area contributed by atoms with Gasteiger partial charge in [0.1, 0.15) is 5.75 Å². The van der Waals surface area contributed by atoms with Crippen LogP contribution >= 0.6 is 11.6 Å². The highest BCUT2D eigenvalue weighted by Gasteiger charge is 2.03. The van der Waals surface area contributed by atoms with E-state index in [9.17, 15) is 0 Å². The molecule has 0 heterocycles. The van der Waals surface area contributed by atoms with Crippen molar-refractivity contribution in [1.82, 2.24) is 0 Å². The number of hydrogen-bond acceptors (Lipinski definition) is 1. The van der Waals surface area contributed by atoms with Crippen molar-refractivity contribution in [2.45, 2.75) is 32.8 Å². The topological polar surface area (TPSA) is 9.23 Å². The molecule has 0 fully saturated rings. The van der Waals surface area contributed by atoms with Crippen LogP contribution in [-0.4, -0.2) is 5.56 Å². The molecular formula is C17H21ClO. The summed E-state index contributed by atoms with van der Waals surface area (Å²) in [5, 5.41) is 0. The van der Waals surface area contributed by atoms with Crippen LogP contribution in [0.5, 0.6) is 5.75 Å². The summed E-state index contributed by atoms with van der Waals surface area (Å²) >= 11 is 5.95. The van der Waals surface area contributed by atoms with E-state index in [4.69, 9.17) is 16.3 Å². The van der Waals surface area contributed by atoms with E-state index in [1.807, 2.05) is 25.1 Å². The van der Waals surface area contributed by atoms with Crippen molar-refractivity contribution in [2.24, 2.45) is 0 Å². The molecule has 0 bridgehead atoms. The van der Waals surface area contributed by atoms with Crippen molar-refractivity contribution in [3.63, 3.8) is 0 Å². The number of ether oxygens (including phenoxy) is 1. The van der Waals surface area contributed by atoms with Crippen LogP contribution in [-0.2, 0) is 6.42 Å². The molecule has 2 heteroatoms. The number of halogens is 1. The lowest BCUT2D eigenvalue weighted by atomic mass is 10.1. The summed E-state index contributed by atoms with van der Waals surface area (Å²) in [4.78, 5) is 0. The summed E-state index contributed by atoms with van der Waals surface area (Å²) in [7, 11) is 0. The van der Waals surface area contributed by atoms with E-state index in [-0.39, 0.29) is 13.0 Å². The minimum Gasteiger partial charge on any atom is -0.475 e. The molecule has 2 aromatic carbocycles. The fourth-order valence-electron chi connectivity index (χ4n) is 1.75. The maximum absolute atomic E-state index is 5.95. The van der Waals surface area contributed by atoms with Crippen molar-refractivity contribution in [1.29, 1.82) is 0 Å². The van der Waals surface area contributed by atoms with Gasteiger partial charge in [-0.2, -0.15) is 0 Å². The zero-order chi connectivity index (χ0) is 12.8. The van der Waals surface area contributed by atoms with Crippen LogP contribution in [0.4, 0.5) is 0 Å². The minimum atomic E-state index is -0.245. The Balaban J connectivity index is 0.00000180. The third-order valence-corrected chi connectivity index (χ3v) is 3.16. The molecule has 0 saturated heterocycles. The van der Waals surface area contributed by atoms with Gasteiger partial charge in [0.15, 0.2) is 5.56 Å². The summed E-state index contributed by atoms with van der Waals surface area (Å²) in [5.41, 5.74) is 2.34. The van der Waals surface area contributed by atoms with Gasteiger partial charge in [0.25, 0.3) is 0 Å². The number of hydrogen-bond donors (Lipinski definition) is 0. The Hall–Kier alpha value is -1.47. The highest BCUT2D eigenvalue weighted by Crippen LogP contribution is 2.18. The molecule has 0 aliphatic heterocycles. The zero-order valence-corrected chi connectivity index (χ0v) is 11.2. The molecule has 0 aromatic heterocycles. The molecule has 0 spiro atoms. The van der Waals surface area contributed by atoms with Gasteiger partial charge in [0.2, 0.25) is 0 Å². The van der Waals surface area contributed by atoms with Crippen molar-refractivity contribution < 1.29 is 4.74 Å². The molecule has 0 N–H and O–H groups in total. The number of alkyl halides is 1. The highest BCUT2D eigenvalue weighted by molar-refractivity contribution is 6.19. The molecule has 1 atom stereocenters. The fourth-order valence-corrected chi connectivity index (χ4v) is 1.85. The largest absolute Gasteiger partial charge is 0.475 e. The Morgan fingerprint density at radius 2 is 1.53 bits per heavy atom. The Morgan fingerprint density at radius 3 is 2.11 bits per heavy atom. The quantitative estimate of drug-likeness (QED) is 0.676. The summed E-state index contributed by atoms with van der Waals surface area (Å²) < 4.78 is 5.53. The van der Waals surface area contributed by atoms with Gasteiger partial charge in [-0.3, -0.25) is 0 Å². The lowest BCUT2D eigenvalue weighted by Gasteiger charge is -2.11. The van der Waals surface area contributed by atoms with Crippen LogP contribution in [0, 0.1) is 0 Å². The molecule has 1 unspecified atom stereocenters. The van der Waals surface area contributed by atoms with E-state index >= 15 is 0 Å². The summed E-state index contributed by atoms with van der Waals surface area (Å²) in [5.74, 6) is 0.827. The first-order chi connectivity index (χ1) is 8.78. The molecular weight excluding hydrogens is 256 g/mol. The Bertz CT molecular complexity index is 464. The van der Waals surface area contributed by atoms with Gasteiger partial charge >= 0.3 is 0 Å². The predicted molar refractivity (Wildman–Crippen MR) is 83.0 cm³/mol. The summed E-state index contributed by atoms with van der Waals surface area (Å²) in [6.07, 6.45) is 1.74. The Morgan fingerprint density at radius 1 is 0.947 bits per heavy atom. The van der Waals surface area contributed by atoms with Crippen molar-refractivity contribution in [3.05, 3.63) is 65.7 Å². The predicted octanol–water partition coefficient (Wildman–Crippen LogP) is 5.27. The third-order valence-electron chi connectivity index (χ3n) is 2.76. The zero-order valence-electron chi connectivity index (χ0n) is 10.5. The standard InChI is InChI=1S/C16H17ClO.CH4/c1-2-16(17)18-15-10-8-14(9-11-15)12-13-6-4-3-5-7-13;/h3-11,16H,2,12H2,1H3;1H4. The molecule has 0 aliphatic carbocycles. The smallest absolute Gasteiger partial charge is 0.171 e. The Labute approximate surface area is 121 Å². The van der Waals surface area contributed by atoms with Gasteiger partial charge in [0.05, 0.1) is 0 Å². The van der Waals surface area contributed by atoms with Gasteiger partial charge in [-0.15, -0.1) is 0 Å². The van der Waals surface area contributed by atoms with Crippen molar-refractivity contribution in [2.75, 3.05) is 0 Å². The minimum absolute atomic E-state index is 0. The SMILES string of the molecule is C.CCC(Cl)Oc1ccc(Cc2ccccc2)cc1. The first-order valence-electron chi connectivity index (χ1n) is 6.21. The molecule has 2 rings (SSSR count). The van der Waals surface area contributed by atoms with E-state index in [0.717, 1.165) is 18.6 Å². The van der Waals surface area contributed by atoms with Gasteiger partial charge in [0, 0.05) is 0 Å². The highest BCUT2D eigenvalue weighted by atomic mass is 35.5. The maximum atomic E-state index is 5.95. The Kier molecular flexibility index (Phi) is 6.44. The summed E-state index contributed by atoms with van der Waals surface area (Å²) in [6.45, 7) is 2.00. The van der Waals surface area contributed by atoms with Gasteiger partial charge in [-0.05, 0) is 36.1 Å². The average molecular weight is 277 g/mol. The number of rotatable bonds is 5. The van der Waals surface area contributed by atoms with E-state index in [1.165, 1.54) is 11.1 Å². The number of benzene rings is 2. The van der Waals surface area contributed by atoms with E-state index < -0.39 is 0 Å². The average Bonchev–Trinajstić information content (AvgIpc) is 2.42. The summed E-state index contributed by atoms with van der Waals surface area (Å²) in [6, 6.07) is 18.5. The third kappa shape index (κ3) is 4.96. The lowest BCUT2D eigenvalue weighted by Crippen LogP contribution is -2.06. The maximum Gasteiger partial charge on any atom is 0.171 e. The first-order valence-corrected chi connectivity index (χ1v) is 6.65. The monoisotopic (exact) mass is 276 g/mol. The molecule has 0 saturated carbocycles. The van der Waals surface area contributed by atoms with Crippen LogP contribution < -0.4 is 4.74 Å². The van der Waals surface area contributed by atoms with Crippen LogP contribution in [0.2, 0.25) is 0 Å². The molecule has 0 radical (unpaired) electrons. The van der Waals surface area contributed by atoms with Gasteiger partial charge < -0.3 is 4.74 Å². The fraction of sp³-hybridized carbons (Fsp3) is 0.294. The molecule has 19 heavy (non-hydrogen) atoms. The van der Waals surface area contributed by atoms with Crippen molar-refractivity contribution in [3.8, 4) is 5.75 Å². The lowest BCUT2D eigenvalue weighted by molar-refractivity contribution is 0.277. The van der Waals surface area contributed by atoms with E-state index in [1.54, 1.807) is 0 Å². The van der Waals surface area contributed by atoms with Crippen LogP contribution in [0.25, 0.3) is 0 Å². The molecule has 102 valence electrons. The molecule has 0 amide bonds. The molecule has 1 nitrogen and oxygen atoms in total. The van der Waals surface area contributed by atoms with Crippen LogP contribution in [0.3, 0.4) is 0 Å². The second-order valence-corrected chi connectivity index (χ2v) is 4.73. The second-order valence-electron chi connectivity index (χ2n) is 4.24. The molecule has 0 aliphatic rings. The van der Waals surface area contributed by atoms with E-state index in [0.29, 0.717) is 0 Å². The normalized spacial score (nSPS) is 11.5. The van der Waals surface area contributed by atoms with Gasteiger partial charge in [-0.25, -0.2) is 0 Å². The van der Waals surface area contributed by atoms with Crippen molar-refractivity contribution >= 4 is 11.6 Å². The second kappa shape index (κ2) is 7.85. The van der Waals surface area contributed by atoms with E-state index in [2.05, 4.69) is 36.4 Å². The first kappa shape index (κ1) is 15.6. The van der Waals surface area contributed by atoms with Crippen LogP contribution in [0.1, 0.15) is 31.9 Å². The van der Waals surface area contributed by atoms with Gasteiger partial charge in [-0.1, -0.05) is 68.4 Å².